The predicted octanol–water partition coefficient (Wildman–Crippen LogP) is 1.50. The minimum Gasteiger partial charge on any atom is -0.480 e. The molecule has 0 atom stereocenters. The van der Waals surface area contributed by atoms with Crippen LogP contribution in [0.5, 0.6) is 0 Å². The largest absolute Gasteiger partial charge is 0.480 e. The number of rotatable bonds is 4. The Labute approximate surface area is 90.3 Å². The van der Waals surface area contributed by atoms with Gasteiger partial charge in [-0.1, -0.05) is 12.8 Å². The van der Waals surface area contributed by atoms with Gasteiger partial charge < -0.3 is 10.0 Å². The molecule has 0 bridgehead atoms. The van der Waals surface area contributed by atoms with E-state index >= 15 is 0 Å². The van der Waals surface area contributed by atoms with Gasteiger partial charge in [0.15, 0.2) is 0 Å². The summed E-state index contributed by atoms with van der Waals surface area (Å²) >= 11 is 0. The van der Waals surface area contributed by atoms with E-state index in [2.05, 4.69) is 0 Å². The highest BCUT2D eigenvalue weighted by molar-refractivity contribution is 5.83. The van der Waals surface area contributed by atoms with Crippen LogP contribution in [0.4, 0.5) is 0 Å². The number of carboxylic acid groups (broad SMARTS) is 1. The Morgan fingerprint density at radius 1 is 1.33 bits per heavy atom. The molecule has 0 spiro atoms. The normalized spacial score (nSPS) is 17.0. The molecule has 4 heteroatoms. The molecule has 0 aromatic carbocycles. The second-order valence-corrected chi connectivity index (χ2v) is 4.44. The maximum Gasteiger partial charge on any atom is 0.323 e. The summed E-state index contributed by atoms with van der Waals surface area (Å²) in [4.78, 5) is 24.1. The monoisotopic (exact) mass is 213 g/mol. The Morgan fingerprint density at radius 3 is 2.27 bits per heavy atom. The van der Waals surface area contributed by atoms with Crippen molar-refractivity contribution in [3.05, 3.63) is 0 Å². The maximum absolute atomic E-state index is 12.0. The van der Waals surface area contributed by atoms with Crippen molar-refractivity contribution in [2.24, 2.45) is 5.92 Å². The molecule has 86 valence electrons. The molecule has 0 saturated heterocycles. The fourth-order valence-electron chi connectivity index (χ4n) is 2.07. The summed E-state index contributed by atoms with van der Waals surface area (Å²) in [7, 11) is 0. The average Bonchev–Trinajstić information content (AvgIpc) is 2.65. The zero-order chi connectivity index (χ0) is 11.4. The Hall–Kier alpha value is -1.06. The molecule has 0 unspecified atom stereocenters. The summed E-state index contributed by atoms with van der Waals surface area (Å²) in [5.74, 6) is -0.855. The van der Waals surface area contributed by atoms with Gasteiger partial charge in [-0.15, -0.1) is 0 Å². The van der Waals surface area contributed by atoms with Gasteiger partial charge in [0.2, 0.25) is 5.91 Å². The smallest absolute Gasteiger partial charge is 0.323 e. The number of carbonyl (C=O) groups is 2. The molecular weight excluding hydrogens is 194 g/mol. The molecular formula is C11H19NO3. The lowest BCUT2D eigenvalue weighted by Crippen LogP contribution is -2.43. The first-order chi connectivity index (χ1) is 7.02. The van der Waals surface area contributed by atoms with Gasteiger partial charge in [0.25, 0.3) is 0 Å². The number of aliphatic carboxylic acids is 1. The molecule has 0 aliphatic heterocycles. The number of amides is 1. The van der Waals surface area contributed by atoms with Crippen LogP contribution < -0.4 is 0 Å². The highest BCUT2D eigenvalue weighted by atomic mass is 16.4. The third kappa shape index (κ3) is 3.22. The molecule has 1 N–H and O–H groups in total. The van der Waals surface area contributed by atoms with E-state index in [9.17, 15) is 9.59 Å². The third-order valence-corrected chi connectivity index (χ3v) is 2.92. The highest BCUT2D eigenvalue weighted by Crippen LogP contribution is 2.27. The summed E-state index contributed by atoms with van der Waals surface area (Å²) in [6, 6.07) is -0.0331. The zero-order valence-electron chi connectivity index (χ0n) is 9.40. The molecule has 1 saturated carbocycles. The van der Waals surface area contributed by atoms with Crippen molar-refractivity contribution in [1.29, 1.82) is 0 Å². The fourth-order valence-corrected chi connectivity index (χ4v) is 2.07. The van der Waals surface area contributed by atoms with E-state index < -0.39 is 5.97 Å². The second-order valence-electron chi connectivity index (χ2n) is 4.44. The van der Waals surface area contributed by atoms with E-state index in [1.807, 2.05) is 13.8 Å². The quantitative estimate of drug-likeness (QED) is 0.769. The van der Waals surface area contributed by atoms with Crippen molar-refractivity contribution in [3.63, 3.8) is 0 Å². The number of carboxylic acids is 1. The van der Waals surface area contributed by atoms with Gasteiger partial charge in [-0.3, -0.25) is 9.59 Å². The van der Waals surface area contributed by atoms with Crippen LogP contribution in [0.2, 0.25) is 0 Å². The first-order valence-corrected chi connectivity index (χ1v) is 5.54. The molecule has 0 heterocycles. The molecule has 1 amide bonds. The summed E-state index contributed by atoms with van der Waals surface area (Å²) in [5.41, 5.74) is 0. The van der Waals surface area contributed by atoms with Crippen LogP contribution in [0.15, 0.2) is 0 Å². The Kier molecular flexibility index (Phi) is 4.12. The van der Waals surface area contributed by atoms with E-state index in [0.717, 1.165) is 25.7 Å². The lowest BCUT2D eigenvalue weighted by molar-refractivity contribution is -0.147. The third-order valence-electron chi connectivity index (χ3n) is 2.92. The minimum absolute atomic E-state index is 0.0184. The van der Waals surface area contributed by atoms with Gasteiger partial charge in [0.05, 0.1) is 0 Å². The minimum atomic E-state index is -0.935. The van der Waals surface area contributed by atoms with E-state index in [0.29, 0.717) is 0 Å². The highest BCUT2D eigenvalue weighted by Gasteiger charge is 2.29. The number of hydrogen-bond acceptors (Lipinski definition) is 2. The Morgan fingerprint density at radius 2 is 1.87 bits per heavy atom. The van der Waals surface area contributed by atoms with E-state index in [-0.39, 0.29) is 24.4 Å². The molecule has 0 aromatic heterocycles. The van der Waals surface area contributed by atoms with Gasteiger partial charge in [-0.05, 0) is 26.7 Å². The Balaban J connectivity index is 2.61. The van der Waals surface area contributed by atoms with Gasteiger partial charge in [-0.2, -0.15) is 0 Å². The lowest BCUT2D eigenvalue weighted by Gasteiger charge is -2.27. The van der Waals surface area contributed by atoms with Crippen LogP contribution in [-0.4, -0.2) is 34.5 Å². The van der Waals surface area contributed by atoms with Crippen LogP contribution in [0, 0.1) is 5.92 Å². The topological polar surface area (TPSA) is 57.6 Å². The first kappa shape index (κ1) is 12.0. The number of carbonyl (C=O) groups excluding carboxylic acids is 1. The standard InChI is InChI=1S/C11H19NO3/c1-8(2)12(7-10(13)14)11(15)9-5-3-4-6-9/h8-9H,3-7H2,1-2H3,(H,13,14). The molecule has 1 fully saturated rings. The first-order valence-electron chi connectivity index (χ1n) is 5.54. The summed E-state index contributed by atoms with van der Waals surface area (Å²) < 4.78 is 0. The van der Waals surface area contributed by atoms with Crippen LogP contribution in [0.3, 0.4) is 0 Å². The lowest BCUT2D eigenvalue weighted by atomic mass is 10.1. The van der Waals surface area contributed by atoms with Crippen LogP contribution >= 0.6 is 0 Å². The van der Waals surface area contributed by atoms with Crippen molar-refractivity contribution in [3.8, 4) is 0 Å². The molecule has 0 aromatic rings. The molecule has 4 nitrogen and oxygen atoms in total. The van der Waals surface area contributed by atoms with Crippen LogP contribution in [0.1, 0.15) is 39.5 Å². The van der Waals surface area contributed by atoms with Crippen molar-refractivity contribution < 1.29 is 14.7 Å². The van der Waals surface area contributed by atoms with Gasteiger partial charge in [-0.25, -0.2) is 0 Å². The van der Waals surface area contributed by atoms with Gasteiger partial charge in [0.1, 0.15) is 6.54 Å². The van der Waals surface area contributed by atoms with E-state index in [1.54, 1.807) is 0 Å². The molecule has 0 radical (unpaired) electrons. The van der Waals surface area contributed by atoms with Crippen molar-refractivity contribution in [1.82, 2.24) is 4.90 Å². The van der Waals surface area contributed by atoms with E-state index in [4.69, 9.17) is 5.11 Å². The fraction of sp³-hybridized carbons (Fsp3) is 0.818. The number of nitrogens with zero attached hydrogens (tertiary/aromatic N) is 1. The zero-order valence-corrected chi connectivity index (χ0v) is 9.40. The summed E-state index contributed by atoms with van der Waals surface area (Å²) in [5, 5.41) is 8.73. The maximum atomic E-state index is 12.0. The molecule has 1 aliphatic carbocycles. The SMILES string of the molecule is CC(C)N(CC(=O)O)C(=O)C1CCCC1. The van der Waals surface area contributed by atoms with Crippen LogP contribution in [0.25, 0.3) is 0 Å². The number of hydrogen-bond donors (Lipinski definition) is 1. The summed E-state index contributed by atoms with van der Waals surface area (Å²) in [6.45, 7) is 3.54. The van der Waals surface area contributed by atoms with Crippen molar-refractivity contribution in [2.75, 3.05) is 6.54 Å². The molecule has 15 heavy (non-hydrogen) atoms. The molecule has 1 aliphatic rings. The van der Waals surface area contributed by atoms with Crippen molar-refractivity contribution in [2.45, 2.75) is 45.6 Å². The average molecular weight is 213 g/mol. The van der Waals surface area contributed by atoms with Crippen LogP contribution in [-0.2, 0) is 9.59 Å². The molecule has 1 rings (SSSR count). The summed E-state index contributed by atoms with van der Waals surface area (Å²) in [6.07, 6.45) is 4.02. The van der Waals surface area contributed by atoms with Crippen molar-refractivity contribution >= 4 is 11.9 Å². The predicted molar refractivity (Wildman–Crippen MR) is 56.4 cm³/mol. The second kappa shape index (κ2) is 5.14. The van der Waals surface area contributed by atoms with Gasteiger partial charge >= 0.3 is 5.97 Å². The van der Waals surface area contributed by atoms with Gasteiger partial charge in [0, 0.05) is 12.0 Å². The Bertz CT molecular complexity index is 244. The van der Waals surface area contributed by atoms with E-state index in [1.165, 1.54) is 4.90 Å².